The quantitative estimate of drug-likeness (QED) is 0.769. The number of hydrogen-bond acceptors (Lipinski definition) is 5. The molecule has 1 saturated heterocycles. The van der Waals surface area contributed by atoms with Gasteiger partial charge in [-0.25, -0.2) is 9.37 Å². The van der Waals surface area contributed by atoms with Crippen molar-refractivity contribution in [2.45, 2.75) is 37.6 Å². The molecule has 2 aromatic rings. The van der Waals surface area contributed by atoms with Crippen molar-refractivity contribution in [1.29, 1.82) is 0 Å². The maximum Gasteiger partial charge on any atom is 0.230 e. The summed E-state index contributed by atoms with van der Waals surface area (Å²) in [4.78, 5) is 18.2. The number of nitrogens with one attached hydrogen (secondary N) is 1. The molecule has 1 amide bonds. The van der Waals surface area contributed by atoms with Crippen LogP contribution in [-0.4, -0.2) is 41.9 Å². The summed E-state index contributed by atoms with van der Waals surface area (Å²) in [7, 11) is 0. The molecule has 1 aliphatic heterocycles. The van der Waals surface area contributed by atoms with Gasteiger partial charge in [0.15, 0.2) is 0 Å². The highest BCUT2D eigenvalue weighted by Crippen LogP contribution is 2.24. The Morgan fingerprint density at radius 1 is 1.30 bits per heavy atom. The van der Waals surface area contributed by atoms with Gasteiger partial charge in [0.2, 0.25) is 5.91 Å². The maximum absolute atomic E-state index is 14.6. The number of nitrogens with zero attached hydrogens (tertiary/aromatic N) is 2. The largest absolute Gasteiger partial charge is 0.372 e. The molecule has 0 radical (unpaired) electrons. The zero-order chi connectivity index (χ0) is 19.2. The first kappa shape index (κ1) is 19.6. The van der Waals surface area contributed by atoms with E-state index in [9.17, 15) is 9.18 Å². The van der Waals surface area contributed by atoms with Crippen molar-refractivity contribution < 1.29 is 13.9 Å². The van der Waals surface area contributed by atoms with Crippen LogP contribution in [0.2, 0.25) is 0 Å². The summed E-state index contributed by atoms with van der Waals surface area (Å²) in [5, 5.41) is 3.62. The minimum Gasteiger partial charge on any atom is -0.372 e. The SMILES string of the molecule is C[C@@H]1CN(c2ccc(CNC(=O)CSc3ccccn3)cc2F)C[C@@H](C)O1. The molecule has 1 aliphatic rings. The van der Waals surface area contributed by atoms with Crippen LogP contribution < -0.4 is 10.2 Å². The molecule has 0 aliphatic carbocycles. The third kappa shape index (κ3) is 5.68. The molecule has 1 fully saturated rings. The Morgan fingerprint density at radius 3 is 2.74 bits per heavy atom. The number of amides is 1. The lowest BCUT2D eigenvalue weighted by atomic mass is 10.1. The summed E-state index contributed by atoms with van der Waals surface area (Å²) in [6.07, 6.45) is 1.84. The summed E-state index contributed by atoms with van der Waals surface area (Å²) < 4.78 is 20.3. The lowest BCUT2D eigenvalue weighted by molar-refractivity contribution is -0.118. The number of ether oxygens (including phenoxy) is 1. The van der Waals surface area contributed by atoms with Crippen molar-refractivity contribution in [2.75, 3.05) is 23.7 Å². The van der Waals surface area contributed by atoms with Gasteiger partial charge < -0.3 is 15.0 Å². The van der Waals surface area contributed by atoms with Gasteiger partial charge in [0.25, 0.3) is 0 Å². The molecule has 2 atom stereocenters. The van der Waals surface area contributed by atoms with Crippen LogP contribution in [0.25, 0.3) is 0 Å². The predicted molar refractivity (Wildman–Crippen MR) is 105 cm³/mol. The molecule has 0 unspecified atom stereocenters. The van der Waals surface area contributed by atoms with Gasteiger partial charge in [0.05, 0.1) is 28.7 Å². The van der Waals surface area contributed by atoms with E-state index in [-0.39, 0.29) is 29.7 Å². The lowest BCUT2D eigenvalue weighted by Gasteiger charge is -2.37. The standard InChI is InChI=1S/C20H24FN3O2S/c1-14-11-24(12-15(2)26-14)18-7-6-16(9-17(18)21)10-23-19(25)13-27-20-5-3-4-8-22-20/h3-9,14-15H,10-13H2,1-2H3,(H,23,25)/t14-,15-/m1/s1. The van der Waals surface area contributed by atoms with Crippen molar-refractivity contribution in [3.8, 4) is 0 Å². The summed E-state index contributed by atoms with van der Waals surface area (Å²) in [5.74, 6) is -0.0990. The number of halogens is 1. The molecule has 1 aromatic carbocycles. The van der Waals surface area contributed by atoms with Gasteiger partial charge in [-0.05, 0) is 43.7 Å². The number of carbonyl (C=O) groups excluding carboxylic acids is 1. The van der Waals surface area contributed by atoms with Gasteiger partial charge in [-0.3, -0.25) is 4.79 Å². The van der Waals surface area contributed by atoms with E-state index in [1.54, 1.807) is 12.3 Å². The van der Waals surface area contributed by atoms with Crippen LogP contribution in [0.1, 0.15) is 19.4 Å². The normalized spacial score (nSPS) is 19.7. The Kier molecular flexibility index (Phi) is 6.68. The van der Waals surface area contributed by atoms with Crippen LogP contribution in [0.15, 0.2) is 47.6 Å². The van der Waals surface area contributed by atoms with Crippen LogP contribution in [0.5, 0.6) is 0 Å². The average molecular weight is 389 g/mol. The van der Waals surface area contributed by atoms with Crippen LogP contribution in [-0.2, 0) is 16.1 Å². The van der Waals surface area contributed by atoms with Crippen molar-refractivity contribution in [3.63, 3.8) is 0 Å². The summed E-state index contributed by atoms with van der Waals surface area (Å²) in [5.41, 5.74) is 1.32. The second-order valence-electron chi connectivity index (χ2n) is 6.68. The first-order chi connectivity index (χ1) is 13.0. The van der Waals surface area contributed by atoms with E-state index >= 15 is 0 Å². The van der Waals surface area contributed by atoms with E-state index in [1.807, 2.05) is 43.0 Å². The topological polar surface area (TPSA) is 54.5 Å². The molecule has 27 heavy (non-hydrogen) atoms. The van der Waals surface area contributed by atoms with Crippen molar-refractivity contribution in [2.24, 2.45) is 0 Å². The summed E-state index contributed by atoms with van der Waals surface area (Å²) in [6, 6.07) is 10.7. The van der Waals surface area contributed by atoms with Gasteiger partial charge in [0.1, 0.15) is 5.82 Å². The molecule has 3 rings (SSSR count). The maximum atomic E-state index is 14.6. The number of thioether (sulfide) groups is 1. The fourth-order valence-corrected chi connectivity index (χ4v) is 3.81. The second-order valence-corrected chi connectivity index (χ2v) is 7.68. The van der Waals surface area contributed by atoms with Crippen LogP contribution in [0.4, 0.5) is 10.1 Å². The highest BCUT2D eigenvalue weighted by molar-refractivity contribution is 7.99. The Morgan fingerprint density at radius 2 is 2.07 bits per heavy atom. The number of hydrogen-bond donors (Lipinski definition) is 1. The average Bonchev–Trinajstić information content (AvgIpc) is 2.65. The minimum atomic E-state index is -0.272. The Balaban J connectivity index is 1.52. The first-order valence-corrected chi connectivity index (χ1v) is 9.99. The van der Waals surface area contributed by atoms with Gasteiger partial charge >= 0.3 is 0 Å². The molecular formula is C20H24FN3O2S. The van der Waals surface area contributed by atoms with Crippen LogP contribution in [0.3, 0.4) is 0 Å². The Labute approximate surface area is 163 Å². The van der Waals surface area contributed by atoms with E-state index in [0.29, 0.717) is 25.3 Å². The number of carbonyl (C=O) groups is 1. The minimum absolute atomic E-state index is 0.0729. The molecule has 144 valence electrons. The van der Waals surface area contributed by atoms with E-state index in [4.69, 9.17) is 4.74 Å². The highest BCUT2D eigenvalue weighted by atomic mass is 32.2. The first-order valence-electron chi connectivity index (χ1n) is 9.00. The van der Waals surface area contributed by atoms with Gasteiger partial charge in [0, 0.05) is 25.8 Å². The molecule has 5 nitrogen and oxygen atoms in total. The Hall–Kier alpha value is -2.12. The monoisotopic (exact) mass is 389 g/mol. The molecule has 1 N–H and O–H groups in total. The van der Waals surface area contributed by atoms with Gasteiger partial charge in [-0.1, -0.05) is 23.9 Å². The molecular weight excluding hydrogens is 365 g/mol. The van der Waals surface area contributed by atoms with Gasteiger partial charge in [-0.2, -0.15) is 0 Å². The number of rotatable bonds is 6. The van der Waals surface area contributed by atoms with Gasteiger partial charge in [-0.15, -0.1) is 0 Å². The molecule has 0 bridgehead atoms. The molecule has 7 heteroatoms. The molecule has 0 spiro atoms. The van der Waals surface area contributed by atoms with Crippen LogP contribution in [0, 0.1) is 5.82 Å². The van der Waals surface area contributed by atoms with E-state index in [2.05, 4.69) is 10.3 Å². The van der Waals surface area contributed by atoms with E-state index in [0.717, 1.165) is 10.6 Å². The van der Waals surface area contributed by atoms with E-state index < -0.39 is 0 Å². The van der Waals surface area contributed by atoms with Crippen molar-refractivity contribution >= 4 is 23.4 Å². The predicted octanol–water partition coefficient (Wildman–Crippen LogP) is 3.24. The molecule has 0 saturated carbocycles. The lowest BCUT2D eigenvalue weighted by Crippen LogP contribution is -2.45. The third-order valence-corrected chi connectivity index (χ3v) is 5.19. The summed E-state index contributed by atoms with van der Waals surface area (Å²) >= 11 is 1.37. The number of anilines is 1. The zero-order valence-corrected chi connectivity index (χ0v) is 16.3. The van der Waals surface area contributed by atoms with Crippen molar-refractivity contribution in [1.82, 2.24) is 10.3 Å². The Bertz CT molecular complexity index is 765. The zero-order valence-electron chi connectivity index (χ0n) is 15.5. The number of aromatic nitrogens is 1. The highest BCUT2D eigenvalue weighted by Gasteiger charge is 2.24. The third-order valence-electron chi connectivity index (χ3n) is 4.25. The number of benzene rings is 1. The molecule has 1 aromatic heterocycles. The number of pyridine rings is 1. The fraction of sp³-hybridized carbons (Fsp3) is 0.400. The van der Waals surface area contributed by atoms with Crippen LogP contribution >= 0.6 is 11.8 Å². The summed E-state index contributed by atoms with van der Waals surface area (Å²) in [6.45, 7) is 5.62. The second kappa shape index (κ2) is 9.19. The number of morpholine rings is 1. The van der Waals surface area contributed by atoms with E-state index in [1.165, 1.54) is 17.8 Å². The smallest absolute Gasteiger partial charge is 0.230 e. The molecule has 2 heterocycles. The van der Waals surface area contributed by atoms with Crippen molar-refractivity contribution in [3.05, 3.63) is 54.0 Å². The fourth-order valence-electron chi connectivity index (χ4n) is 3.12.